The third-order valence-corrected chi connectivity index (χ3v) is 2.42. The summed E-state index contributed by atoms with van der Waals surface area (Å²) in [7, 11) is 1.55. The topological polar surface area (TPSA) is 92.4 Å². The number of hydrogen-bond acceptors (Lipinski definition) is 5. The van der Waals surface area contributed by atoms with Gasteiger partial charge in [0.25, 0.3) is 5.91 Å². The normalized spacial score (nSPS) is 9.90. The standard InChI is InChI=1S/C13H20N4O3/c1-3-14-11-8-10(4-5-15-11)13(19)17-9-12(18)16-6-7-20-2/h4-5,8H,3,6-7,9H2,1-2H3,(H,14,15)(H,16,18)(H,17,19). The highest BCUT2D eigenvalue weighted by Crippen LogP contribution is 2.06. The van der Waals surface area contributed by atoms with Gasteiger partial charge in [-0.05, 0) is 19.1 Å². The van der Waals surface area contributed by atoms with Crippen molar-refractivity contribution < 1.29 is 14.3 Å². The van der Waals surface area contributed by atoms with Crippen molar-refractivity contribution in [1.82, 2.24) is 15.6 Å². The summed E-state index contributed by atoms with van der Waals surface area (Å²) in [6, 6.07) is 3.24. The lowest BCUT2D eigenvalue weighted by molar-refractivity contribution is -0.120. The molecule has 1 aromatic heterocycles. The summed E-state index contributed by atoms with van der Waals surface area (Å²) in [6.45, 7) is 3.46. The predicted octanol–water partition coefficient (Wildman–Crippen LogP) is 0.00580. The summed E-state index contributed by atoms with van der Waals surface area (Å²) in [5.74, 6) is 0.0644. The SMILES string of the molecule is CCNc1cc(C(=O)NCC(=O)NCCOC)ccn1. The number of rotatable bonds is 8. The van der Waals surface area contributed by atoms with E-state index in [0.717, 1.165) is 6.54 Å². The van der Waals surface area contributed by atoms with Gasteiger partial charge in [-0.1, -0.05) is 0 Å². The molecule has 0 aliphatic carbocycles. The number of ether oxygens (including phenoxy) is 1. The Morgan fingerprint density at radius 3 is 2.85 bits per heavy atom. The van der Waals surface area contributed by atoms with Crippen LogP contribution >= 0.6 is 0 Å². The Balaban J connectivity index is 2.42. The maximum Gasteiger partial charge on any atom is 0.251 e. The minimum Gasteiger partial charge on any atom is -0.383 e. The molecule has 1 aromatic rings. The van der Waals surface area contributed by atoms with Crippen molar-refractivity contribution >= 4 is 17.6 Å². The number of hydrogen-bond donors (Lipinski definition) is 3. The monoisotopic (exact) mass is 280 g/mol. The average Bonchev–Trinajstić information content (AvgIpc) is 2.46. The number of anilines is 1. The van der Waals surface area contributed by atoms with Crippen molar-refractivity contribution in [3.8, 4) is 0 Å². The van der Waals surface area contributed by atoms with E-state index in [1.807, 2.05) is 6.92 Å². The van der Waals surface area contributed by atoms with E-state index in [9.17, 15) is 9.59 Å². The molecule has 7 nitrogen and oxygen atoms in total. The molecule has 1 rings (SSSR count). The second kappa shape index (κ2) is 8.87. The van der Waals surface area contributed by atoms with Crippen LogP contribution < -0.4 is 16.0 Å². The van der Waals surface area contributed by atoms with Crippen LogP contribution in [0.2, 0.25) is 0 Å². The number of carbonyl (C=O) groups excluding carboxylic acids is 2. The molecule has 0 saturated heterocycles. The molecule has 2 amide bonds. The first-order valence-corrected chi connectivity index (χ1v) is 6.41. The van der Waals surface area contributed by atoms with Gasteiger partial charge in [-0.25, -0.2) is 4.98 Å². The fourth-order valence-electron chi connectivity index (χ4n) is 1.47. The molecule has 0 atom stereocenters. The molecule has 0 fully saturated rings. The van der Waals surface area contributed by atoms with Gasteiger partial charge in [0.05, 0.1) is 13.2 Å². The van der Waals surface area contributed by atoms with Crippen LogP contribution in [-0.4, -0.2) is 50.1 Å². The third kappa shape index (κ3) is 5.66. The van der Waals surface area contributed by atoms with Crippen molar-refractivity contribution in [2.45, 2.75) is 6.92 Å². The quantitative estimate of drug-likeness (QED) is 0.583. The maximum atomic E-state index is 11.9. The van der Waals surface area contributed by atoms with Crippen LogP contribution in [0.3, 0.4) is 0 Å². The van der Waals surface area contributed by atoms with E-state index in [-0.39, 0.29) is 18.4 Å². The fourth-order valence-corrected chi connectivity index (χ4v) is 1.47. The number of amides is 2. The molecule has 0 aromatic carbocycles. The van der Waals surface area contributed by atoms with E-state index in [2.05, 4.69) is 20.9 Å². The zero-order valence-electron chi connectivity index (χ0n) is 11.7. The van der Waals surface area contributed by atoms with Crippen molar-refractivity contribution in [2.75, 3.05) is 38.7 Å². The lowest BCUT2D eigenvalue weighted by atomic mass is 10.2. The molecule has 110 valence electrons. The van der Waals surface area contributed by atoms with Crippen LogP contribution in [0.4, 0.5) is 5.82 Å². The van der Waals surface area contributed by atoms with Crippen molar-refractivity contribution in [3.05, 3.63) is 23.9 Å². The zero-order valence-corrected chi connectivity index (χ0v) is 11.7. The number of aromatic nitrogens is 1. The minimum atomic E-state index is -0.312. The molecule has 1 heterocycles. The first kappa shape index (κ1) is 15.9. The highest BCUT2D eigenvalue weighted by atomic mass is 16.5. The van der Waals surface area contributed by atoms with E-state index in [4.69, 9.17) is 4.74 Å². The number of pyridine rings is 1. The predicted molar refractivity (Wildman–Crippen MR) is 75.6 cm³/mol. The second-order valence-electron chi connectivity index (χ2n) is 3.99. The van der Waals surface area contributed by atoms with E-state index in [1.165, 1.54) is 0 Å². The summed E-state index contributed by atoms with van der Waals surface area (Å²) in [5.41, 5.74) is 0.459. The van der Waals surface area contributed by atoms with Crippen molar-refractivity contribution in [2.24, 2.45) is 0 Å². The van der Waals surface area contributed by atoms with Crippen molar-refractivity contribution in [1.29, 1.82) is 0 Å². The highest BCUT2D eigenvalue weighted by molar-refractivity contribution is 5.96. The molecular weight excluding hydrogens is 260 g/mol. The van der Waals surface area contributed by atoms with Crippen LogP contribution in [0.15, 0.2) is 18.3 Å². The van der Waals surface area contributed by atoms with Crippen LogP contribution in [-0.2, 0) is 9.53 Å². The summed E-state index contributed by atoms with van der Waals surface area (Å²) in [5, 5.41) is 8.18. The molecule has 3 N–H and O–H groups in total. The lowest BCUT2D eigenvalue weighted by Gasteiger charge is -2.07. The van der Waals surface area contributed by atoms with Crippen LogP contribution in [0, 0.1) is 0 Å². The van der Waals surface area contributed by atoms with Crippen molar-refractivity contribution in [3.63, 3.8) is 0 Å². The highest BCUT2D eigenvalue weighted by Gasteiger charge is 2.08. The minimum absolute atomic E-state index is 0.0680. The Morgan fingerprint density at radius 2 is 2.15 bits per heavy atom. The molecule has 7 heteroatoms. The Labute approximate surface area is 118 Å². The Hall–Kier alpha value is -2.15. The van der Waals surface area contributed by atoms with E-state index in [1.54, 1.807) is 25.4 Å². The maximum absolute atomic E-state index is 11.9. The largest absolute Gasteiger partial charge is 0.383 e. The van der Waals surface area contributed by atoms with Crippen LogP contribution in [0.25, 0.3) is 0 Å². The van der Waals surface area contributed by atoms with Gasteiger partial charge in [0.2, 0.25) is 5.91 Å². The Bertz CT molecular complexity index is 451. The Morgan fingerprint density at radius 1 is 1.35 bits per heavy atom. The van der Waals surface area contributed by atoms with E-state index in [0.29, 0.717) is 24.5 Å². The average molecular weight is 280 g/mol. The molecule has 0 unspecified atom stereocenters. The van der Waals surface area contributed by atoms with Gasteiger partial charge in [0, 0.05) is 32.0 Å². The smallest absolute Gasteiger partial charge is 0.251 e. The van der Waals surface area contributed by atoms with Gasteiger partial charge < -0.3 is 20.7 Å². The first-order valence-electron chi connectivity index (χ1n) is 6.41. The third-order valence-electron chi connectivity index (χ3n) is 2.42. The summed E-state index contributed by atoms with van der Waals surface area (Å²) >= 11 is 0. The van der Waals surface area contributed by atoms with E-state index < -0.39 is 0 Å². The van der Waals surface area contributed by atoms with Crippen LogP contribution in [0.1, 0.15) is 17.3 Å². The first-order chi connectivity index (χ1) is 9.67. The molecule has 0 aliphatic heterocycles. The lowest BCUT2D eigenvalue weighted by Crippen LogP contribution is -2.38. The van der Waals surface area contributed by atoms with Crippen LogP contribution in [0.5, 0.6) is 0 Å². The van der Waals surface area contributed by atoms with E-state index >= 15 is 0 Å². The number of nitrogens with one attached hydrogen (secondary N) is 3. The molecule has 0 saturated carbocycles. The summed E-state index contributed by atoms with van der Waals surface area (Å²) in [4.78, 5) is 27.4. The second-order valence-corrected chi connectivity index (χ2v) is 3.99. The Kier molecular flexibility index (Phi) is 7.05. The summed E-state index contributed by atoms with van der Waals surface area (Å²) in [6.07, 6.45) is 1.55. The molecule has 20 heavy (non-hydrogen) atoms. The number of methoxy groups -OCH3 is 1. The molecule has 0 aliphatic rings. The molecular formula is C13H20N4O3. The number of carbonyl (C=O) groups is 2. The molecule has 0 spiro atoms. The zero-order chi connectivity index (χ0) is 14.8. The molecule has 0 bridgehead atoms. The van der Waals surface area contributed by atoms with Gasteiger partial charge in [-0.15, -0.1) is 0 Å². The van der Waals surface area contributed by atoms with Gasteiger partial charge in [-0.2, -0.15) is 0 Å². The fraction of sp³-hybridized carbons (Fsp3) is 0.462. The van der Waals surface area contributed by atoms with Gasteiger partial charge in [-0.3, -0.25) is 9.59 Å². The molecule has 0 radical (unpaired) electrons. The summed E-state index contributed by atoms with van der Waals surface area (Å²) < 4.78 is 4.81. The van der Waals surface area contributed by atoms with Gasteiger partial charge >= 0.3 is 0 Å². The van der Waals surface area contributed by atoms with Gasteiger partial charge in [0.15, 0.2) is 0 Å². The number of nitrogens with zero attached hydrogens (tertiary/aromatic N) is 1. The van der Waals surface area contributed by atoms with Gasteiger partial charge in [0.1, 0.15) is 5.82 Å².